The molecule has 2 aromatic rings. The summed E-state index contributed by atoms with van der Waals surface area (Å²) in [6, 6.07) is 11.8. The first kappa shape index (κ1) is 14.4. The van der Waals surface area contributed by atoms with E-state index in [1.165, 1.54) is 18.2 Å². The molecule has 0 aromatic heterocycles. The molecule has 19 heavy (non-hydrogen) atoms. The molecule has 0 aliphatic rings. The van der Waals surface area contributed by atoms with Crippen molar-refractivity contribution < 1.29 is 9.50 Å². The third kappa shape index (κ3) is 3.50. The Hall–Kier alpha value is -1.03. The van der Waals surface area contributed by atoms with Gasteiger partial charge in [-0.25, -0.2) is 4.39 Å². The zero-order chi connectivity index (χ0) is 13.8. The Labute approximate surface area is 121 Å². The van der Waals surface area contributed by atoms with Gasteiger partial charge < -0.3 is 5.11 Å². The van der Waals surface area contributed by atoms with Gasteiger partial charge in [-0.2, -0.15) is 0 Å². The average molecular weight is 297 g/mol. The molecule has 4 heteroatoms. The lowest BCUT2D eigenvalue weighted by atomic mass is 10.0. The van der Waals surface area contributed by atoms with Crippen molar-refractivity contribution in [2.45, 2.75) is 17.4 Å². The van der Waals surface area contributed by atoms with Crippen LogP contribution < -0.4 is 0 Å². The maximum atomic E-state index is 13.2. The first-order valence-corrected chi connectivity index (χ1v) is 7.47. The van der Waals surface area contributed by atoms with E-state index in [-0.39, 0.29) is 5.82 Å². The van der Waals surface area contributed by atoms with Gasteiger partial charge in [0.1, 0.15) is 5.82 Å². The molecule has 0 aliphatic carbocycles. The van der Waals surface area contributed by atoms with E-state index in [1.807, 2.05) is 30.5 Å². The molecule has 0 saturated carbocycles. The lowest BCUT2D eigenvalue weighted by Gasteiger charge is -2.15. The first-order chi connectivity index (χ1) is 9.11. The van der Waals surface area contributed by atoms with Crippen LogP contribution in [0.1, 0.15) is 17.2 Å². The van der Waals surface area contributed by atoms with Gasteiger partial charge in [-0.1, -0.05) is 29.8 Å². The summed E-state index contributed by atoms with van der Waals surface area (Å²) in [4.78, 5) is 1.02. The summed E-state index contributed by atoms with van der Waals surface area (Å²) >= 11 is 7.59. The van der Waals surface area contributed by atoms with Gasteiger partial charge in [0.25, 0.3) is 0 Å². The highest BCUT2D eigenvalue weighted by Crippen LogP contribution is 2.29. The fraction of sp³-hybridized carbons (Fsp3) is 0.200. The summed E-state index contributed by atoms with van der Waals surface area (Å²) in [6.45, 7) is 0. The van der Waals surface area contributed by atoms with E-state index in [0.717, 1.165) is 10.5 Å². The van der Waals surface area contributed by atoms with Crippen LogP contribution in [0, 0.1) is 5.82 Å². The Balaban J connectivity index is 2.25. The predicted octanol–water partition coefficient (Wildman–Crippen LogP) is 4.48. The molecule has 100 valence electrons. The van der Waals surface area contributed by atoms with Crippen molar-refractivity contribution in [1.82, 2.24) is 0 Å². The summed E-state index contributed by atoms with van der Waals surface area (Å²) in [5.41, 5.74) is 1.46. The maximum absolute atomic E-state index is 13.2. The second-order valence-corrected chi connectivity index (χ2v) is 5.45. The van der Waals surface area contributed by atoms with Crippen molar-refractivity contribution >= 4 is 23.4 Å². The lowest BCUT2D eigenvalue weighted by Crippen LogP contribution is -2.04. The molecule has 2 aromatic carbocycles. The van der Waals surface area contributed by atoms with E-state index in [4.69, 9.17) is 11.6 Å². The van der Waals surface area contributed by atoms with Crippen molar-refractivity contribution in [2.24, 2.45) is 0 Å². The fourth-order valence-electron chi connectivity index (χ4n) is 1.96. The van der Waals surface area contributed by atoms with Crippen LogP contribution in [0.25, 0.3) is 0 Å². The van der Waals surface area contributed by atoms with Gasteiger partial charge in [-0.15, -0.1) is 11.8 Å². The van der Waals surface area contributed by atoms with Gasteiger partial charge in [0.15, 0.2) is 0 Å². The van der Waals surface area contributed by atoms with E-state index in [0.29, 0.717) is 17.0 Å². The maximum Gasteiger partial charge on any atom is 0.123 e. The number of halogens is 2. The molecule has 0 radical (unpaired) electrons. The minimum Gasteiger partial charge on any atom is -0.388 e. The van der Waals surface area contributed by atoms with Gasteiger partial charge in [0, 0.05) is 16.3 Å². The third-order valence-corrected chi connectivity index (χ3v) is 4.10. The number of thioether (sulfide) groups is 1. The van der Waals surface area contributed by atoms with Gasteiger partial charge in [-0.05, 0) is 41.6 Å². The Morgan fingerprint density at radius 2 is 2.00 bits per heavy atom. The first-order valence-electron chi connectivity index (χ1n) is 5.86. The summed E-state index contributed by atoms with van der Waals surface area (Å²) in [5, 5.41) is 10.8. The molecule has 0 spiro atoms. The number of aliphatic hydroxyl groups excluding tert-OH is 1. The van der Waals surface area contributed by atoms with Crippen LogP contribution in [0.15, 0.2) is 47.4 Å². The molecule has 1 unspecified atom stereocenters. The second-order valence-electron chi connectivity index (χ2n) is 4.20. The molecule has 0 bridgehead atoms. The van der Waals surface area contributed by atoms with E-state index >= 15 is 0 Å². The van der Waals surface area contributed by atoms with E-state index in [9.17, 15) is 9.50 Å². The number of rotatable bonds is 4. The molecule has 1 nitrogen and oxygen atoms in total. The normalized spacial score (nSPS) is 12.4. The molecular weight excluding hydrogens is 283 g/mol. The zero-order valence-corrected chi connectivity index (χ0v) is 12.0. The Morgan fingerprint density at radius 3 is 2.74 bits per heavy atom. The molecular formula is C15H14ClFOS. The SMILES string of the molecule is CSc1ccccc1C(O)Cc1cc(F)ccc1Cl. The highest BCUT2D eigenvalue weighted by Gasteiger charge is 2.14. The Bertz CT molecular complexity index is 574. The van der Waals surface area contributed by atoms with Gasteiger partial charge in [0.05, 0.1) is 6.10 Å². The van der Waals surface area contributed by atoms with Crippen molar-refractivity contribution in [1.29, 1.82) is 0 Å². The summed E-state index contributed by atoms with van der Waals surface area (Å²) < 4.78 is 13.2. The minimum atomic E-state index is -0.692. The Morgan fingerprint density at radius 1 is 1.26 bits per heavy atom. The lowest BCUT2D eigenvalue weighted by molar-refractivity contribution is 0.175. The molecule has 0 heterocycles. The van der Waals surface area contributed by atoms with E-state index in [2.05, 4.69) is 0 Å². The summed E-state index contributed by atoms with van der Waals surface area (Å²) in [6.07, 6.45) is 1.57. The average Bonchev–Trinajstić information content (AvgIpc) is 2.42. The summed E-state index contributed by atoms with van der Waals surface area (Å²) in [5.74, 6) is -0.343. The summed E-state index contributed by atoms with van der Waals surface area (Å²) in [7, 11) is 0. The zero-order valence-electron chi connectivity index (χ0n) is 10.4. The molecule has 2 rings (SSSR count). The van der Waals surface area contributed by atoms with Crippen LogP contribution in [0.4, 0.5) is 4.39 Å². The molecule has 1 atom stereocenters. The number of hydrogen-bond donors (Lipinski definition) is 1. The van der Waals surface area contributed by atoms with E-state index < -0.39 is 6.10 Å². The fourth-order valence-corrected chi connectivity index (χ4v) is 2.81. The van der Waals surface area contributed by atoms with Crippen molar-refractivity contribution in [2.75, 3.05) is 6.26 Å². The largest absolute Gasteiger partial charge is 0.388 e. The quantitative estimate of drug-likeness (QED) is 0.840. The smallest absolute Gasteiger partial charge is 0.123 e. The van der Waals surface area contributed by atoms with Crippen LogP contribution in [-0.4, -0.2) is 11.4 Å². The number of hydrogen-bond acceptors (Lipinski definition) is 2. The minimum absolute atomic E-state index is 0.300. The number of benzene rings is 2. The molecule has 0 amide bonds. The van der Waals surface area contributed by atoms with Crippen LogP contribution in [0.5, 0.6) is 0 Å². The van der Waals surface area contributed by atoms with Crippen LogP contribution >= 0.6 is 23.4 Å². The highest BCUT2D eigenvalue weighted by molar-refractivity contribution is 7.98. The Kier molecular flexibility index (Phi) is 4.86. The molecule has 0 saturated heterocycles. The second kappa shape index (κ2) is 6.42. The van der Waals surface area contributed by atoms with Crippen LogP contribution in [0.2, 0.25) is 5.02 Å². The molecule has 0 aliphatic heterocycles. The van der Waals surface area contributed by atoms with Crippen LogP contribution in [0.3, 0.4) is 0 Å². The van der Waals surface area contributed by atoms with Crippen molar-refractivity contribution in [3.8, 4) is 0 Å². The van der Waals surface area contributed by atoms with Crippen molar-refractivity contribution in [3.63, 3.8) is 0 Å². The van der Waals surface area contributed by atoms with Crippen LogP contribution in [-0.2, 0) is 6.42 Å². The van der Waals surface area contributed by atoms with Crippen molar-refractivity contribution in [3.05, 3.63) is 64.4 Å². The highest BCUT2D eigenvalue weighted by atomic mass is 35.5. The predicted molar refractivity (Wildman–Crippen MR) is 78.3 cm³/mol. The van der Waals surface area contributed by atoms with E-state index in [1.54, 1.807) is 11.8 Å². The standard InChI is InChI=1S/C15H14ClFOS/c1-19-15-5-3-2-4-12(15)14(18)9-10-8-11(17)6-7-13(10)16/h2-8,14,18H,9H2,1H3. The monoisotopic (exact) mass is 296 g/mol. The topological polar surface area (TPSA) is 20.2 Å². The van der Waals surface area contributed by atoms with Gasteiger partial charge in [-0.3, -0.25) is 0 Å². The number of aliphatic hydroxyl groups is 1. The molecule has 1 N–H and O–H groups in total. The van der Waals surface area contributed by atoms with Gasteiger partial charge >= 0.3 is 0 Å². The third-order valence-electron chi connectivity index (χ3n) is 2.92. The molecule has 0 fully saturated rings. The van der Waals surface area contributed by atoms with Gasteiger partial charge in [0.2, 0.25) is 0 Å².